The third kappa shape index (κ3) is 2.89. The predicted molar refractivity (Wildman–Crippen MR) is 98.0 cm³/mol. The van der Waals surface area contributed by atoms with Gasteiger partial charge in [-0.3, -0.25) is 9.36 Å². The summed E-state index contributed by atoms with van der Waals surface area (Å²) in [6.45, 7) is 0. The van der Waals surface area contributed by atoms with Gasteiger partial charge in [0.25, 0.3) is 5.91 Å². The van der Waals surface area contributed by atoms with Crippen molar-refractivity contribution in [1.29, 1.82) is 5.26 Å². The highest BCUT2D eigenvalue weighted by molar-refractivity contribution is 6.04. The molecule has 0 saturated heterocycles. The van der Waals surface area contributed by atoms with Crippen molar-refractivity contribution in [3.8, 4) is 11.9 Å². The number of imidazole rings is 1. The molecule has 0 atom stereocenters. The molecule has 26 heavy (non-hydrogen) atoms. The summed E-state index contributed by atoms with van der Waals surface area (Å²) in [5.74, 6) is 0.465. The highest BCUT2D eigenvalue weighted by Crippen LogP contribution is 2.18. The van der Waals surface area contributed by atoms with E-state index in [0.717, 1.165) is 16.9 Å². The first-order chi connectivity index (χ1) is 12.7. The molecule has 1 N–H and O–H groups in total. The standard InChI is InChI=1S/C20H13N5O/c21-11-14-5-7-15(8-6-14)20(26)24-16-9-10-19(22-12-16)25-13-23-17-3-1-2-4-18(17)25/h1-10,12-13H,(H,24,26). The van der Waals surface area contributed by atoms with E-state index in [1.54, 1.807) is 42.9 Å². The maximum Gasteiger partial charge on any atom is 0.255 e. The van der Waals surface area contributed by atoms with Crippen LogP contribution in [-0.4, -0.2) is 20.4 Å². The Morgan fingerprint density at radius 3 is 2.54 bits per heavy atom. The van der Waals surface area contributed by atoms with Crippen LogP contribution in [-0.2, 0) is 0 Å². The SMILES string of the molecule is N#Cc1ccc(C(=O)Nc2ccc(-n3cnc4ccccc43)nc2)cc1. The van der Waals surface area contributed by atoms with Gasteiger partial charge in [0.05, 0.1) is 34.6 Å². The smallest absolute Gasteiger partial charge is 0.255 e. The summed E-state index contributed by atoms with van der Waals surface area (Å²) >= 11 is 0. The fourth-order valence-electron chi connectivity index (χ4n) is 2.64. The summed E-state index contributed by atoms with van der Waals surface area (Å²) in [5, 5.41) is 11.6. The molecular formula is C20H13N5O. The number of nitriles is 1. The van der Waals surface area contributed by atoms with E-state index in [-0.39, 0.29) is 5.91 Å². The molecule has 1 amide bonds. The monoisotopic (exact) mass is 339 g/mol. The number of nitrogens with one attached hydrogen (secondary N) is 1. The van der Waals surface area contributed by atoms with Crippen molar-refractivity contribution < 1.29 is 4.79 Å². The lowest BCUT2D eigenvalue weighted by atomic mass is 10.1. The van der Waals surface area contributed by atoms with Crippen LogP contribution in [0.4, 0.5) is 5.69 Å². The van der Waals surface area contributed by atoms with Crippen LogP contribution < -0.4 is 5.32 Å². The lowest BCUT2D eigenvalue weighted by Crippen LogP contribution is -2.12. The Kier molecular flexibility index (Phi) is 3.88. The van der Waals surface area contributed by atoms with Gasteiger partial charge >= 0.3 is 0 Å². The number of carbonyl (C=O) groups excluding carboxylic acids is 1. The molecule has 6 nitrogen and oxygen atoms in total. The van der Waals surface area contributed by atoms with Gasteiger partial charge in [-0.25, -0.2) is 9.97 Å². The van der Waals surface area contributed by atoms with Crippen LogP contribution in [0.3, 0.4) is 0 Å². The molecular weight excluding hydrogens is 326 g/mol. The quantitative estimate of drug-likeness (QED) is 0.619. The van der Waals surface area contributed by atoms with E-state index in [9.17, 15) is 4.79 Å². The Labute approximate surface area is 149 Å². The molecule has 0 radical (unpaired) electrons. The zero-order chi connectivity index (χ0) is 17.9. The maximum atomic E-state index is 12.3. The zero-order valence-electron chi connectivity index (χ0n) is 13.6. The van der Waals surface area contributed by atoms with Gasteiger partial charge < -0.3 is 5.32 Å². The number of para-hydroxylation sites is 2. The highest BCUT2D eigenvalue weighted by Gasteiger charge is 2.08. The summed E-state index contributed by atoms with van der Waals surface area (Å²) in [7, 11) is 0. The number of carbonyl (C=O) groups is 1. The van der Waals surface area contributed by atoms with Gasteiger partial charge in [-0.05, 0) is 48.5 Å². The van der Waals surface area contributed by atoms with Crippen LogP contribution >= 0.6 is 0 Å². The van der Waals surface area contributed by atoms with Gasteiger partial charge in [-0.1, -0.05) is 12.1 Å². The van der Waals surface area contributed by atoms with Crippen LogP contribution in [0.15, 0.2) is 73.2 Å². The van der Waals surface area contributed by atoms with E-state index >= 15 is 0 Å². The van der Waals surface area contributed by atoms with Gasteiger partial charge in [-0.15, -0.1) is 0 Å². The van der Waals surface area contributed by atoms with Gasteiger partial charge in [0.15, 0.2) is 0 Å². The third-order valence-electron chi connectivity index (χ3n) is 3.98. The van der Waals surface area contributed by atoms with E-state index in [1.807, 2.05) is 41.0 Å². The van der Waals surface area contributed by atoms with Crippen molar-refractivity contribution in [1.82, 2.24) is 14.5 Å². The average Bonchev–Trinajstić information content (AvgIpc) is 3.13. The molecule has 2 aromatic carbocycles. The molecule has 0 aliphatic carbocycles. The average molecular weight is 339 g/mol. The third-order valence-corrected chi connectivity index (χ3v) is 3.98. The molecule has 4 rings (SSSR count). The first-order valence-corrected chi connectivity index (χ1v) is 7.94. The second kappa shape index (κ2) is 6.49. The van der Waals surface area contributed by atoms with Crippen molar-refractivity contribution in [2.45, 2.75) is 0 Å². The molecule has 2 heterocycles. The molecule has 6 heteroatoms. The molecule has 0 fully saturated rings. The van der Waals surface area contributed by atoms with E-state index in [1.165, 1.54) is 0 Å². The van der Waals surface area contributed by atoms with Crippen LogP contribution in [0.1, 0.15) is 15.9 Å². The molecule has 2 aromatic heterocycles. The normalized spacial score (nSPS) is 10.4. The van der Waals surface area contributed by atoms with Crippen LogP contribution in [0.25, 0.3) is 16.9 Å². The highest BCUT2D eigenvalue weighted by atomic mass is 16.1. The second-order valence-corrected chi connectivity index (χ2v) is 5.65. The number of aromatic nitrogens is 3. The van der Waals surface area contributed by atoms with Crippen molar-refractivity contribution in [3.63, 3.8) is 0 Å². The fraction of sp³-hybridized carbons (Fsp3) is 0. The largest absolute Gasteiger partial charge is 0.321 e. The fourth-order valence-corrected chi connectivity index (χ4v) is 2.64. The first-order valence-electron chi connectivity index (χ1n) is 7.94. The Balaban J connectivity index is 1.54. The minimum absolute atomic E-state index is 0.253. The van der Waals surface area contributed by atoms with Gasteiger partial charge in [0.1, 0.15) is 12.1 Å². The van der Waals surface area contributed by atoms with Crippen LogP contribution in [0.5, 0.6) is 0 Å². The number of nitrogens with zero attached hydrogens (tertiary/aromatic N) is 4. The molecule has 124 valence electrons. The predicted octanol–water partition coefficient (Wildman–Crippen LogP) is 3.54. The Morgan fingerprint density at radius 1 is 1.00 bits per heavy atom. The van der Waals surface area contributed by atoms with Crippen molar-refractivity contribution in [2.24, 2.45) is 0 Å². The lowest BCUT2D eigenvalue weighted by molar-refractivity contribution is 0.102. The molecule has 0 bridgehead atoms. The number of hydrogen-bond acceptors (Lipinski definition) is 4. The summed E-state index contributed by atoms with van der Waals surface area (Å²) in [6.07, 6.45) is 3.33. The Hall–Kier alpha value is -3.98. The minimum Gasteiger partial charge on any atom is -0.321 e. The van der Waals surface area contributed by atoms with Crippen LogP contribution in [0.2, 0.25) is 0 Å². The topological polar surface area (TPSA) is 83.6 Å². The van der Waals surface area contributed by atoms with E-state index in [4.69, 9.17) is 5.26 Å². The molecule has 4 aromatic rings. The number of amides is 1. The molecule has 0 spiro atoms. The molecule has 0 unspecified atom stereocenters. The number of fused-ring (bicyclic) bond motifs is 1. The first kappa shape index (κ1) is 15.5. The molecule has 0 aliphatic rings. The molecule has 0 aliphatic heterocycles. The minimum atomic E-state index is -0.253. The zero-order valence-corrected chi connectivity index (χ0v) is 13.6. The van der Waals surface area contributed by atoms with E-state index in [0.29, 0.717) is 16.8 Å². The summed E-state index contributed by atoms with van der Waals surface area (Å²) in [5.41, 5.74) is 3.45. The van der Waals surface area contributed by atoms with E-state index in [2.05, 4.69) is 15.3 Å². The Bertz CT molecular complexity index is 1120. The van der Waals surface area contributed by atoms with Crippen molar-refractivity contribution in [2.75, 3.05) is 5.32 Å². The van der Waals surface area contributed by atoms with Crippen molar-refractivity contribution in [3.05, 3.63) is 84.3 Å². The lowest BCUT2D eigenvalue weighted by Gasteiger charge is -2.07. The summed E-state index contributed by atoms with van der Waals surface area (Å²) < 4.78 is 1.89. The van der Waals surface area contributed by atoms with Gasteiger partial charge in [-0.2, -0.15) is 5.26 Å². The number of rotatable bonds is 3. The van der Waals surface area contributed by atoms with E-state index < -0.39 is 0 Å². The second-order valence-electron chi connectivity index (χ2n) is 5.65. The Morgan fingerprint density at radius 2 is 1.81 bits per heavy atom. The number of pyridine rings is 1. The van der Waals surface area contributed by atoms with Gasteiger partial charge in [0, 0.05) is 5.56 Å². The summed E-state index contributed by atoms with van der Waals surface area (Å²) in [4.78, 5) is 21.0. The maximum absolute atomic E-state index is 12.3. The summed E-state index contributed by atoms with van der Waals surface area (Å²) in [6, 6.07) is 19.9. The number of hydrogen-bond donors (Lipinski definition) is 1. The van der Waals surface area contributed by atoms with Gasteiger partial charge in [0.2, 0.25) is 0 Å². The van der Waals surface area contributed by atoms with Crippen molar-refractivity contribution >= 4 is 22.6 Å². The number of benzene rings is 2. The number of anilines is 1. The molecule has 0 saturated carbocycles. The van der Waals surface area contributed by atoms with Crippen LogP contribution in [0, 0.1) is 11.3 Å².